The van der Waals surface area contributed by atoms with Gasteiger partial charge < -0.3 is 15.2 Å². The van der Waals surface area contributed by atoms with E-state index in [4.69, 9.17) is 26.8 Å². The van der Waals surface area contributed by atoms with Crippen LogP contribution in [-0.4, -0.2) is 13.7 Å². The van der Waals surface area contributed by atoms with Crippen molar-refractivity contribution < 1.29 is 9.47 Å². The van der Waals surface area contributed by atoms with Gasteiger partial charge in [-0.25, -0.2) is 0 Å². The van der Waals surface area contributed by atoms with E-state index in [9.17, 15) is 0 Å². The highest BCUT2D eigenvalue weighted by Gasteiger charge is 2.11. The Balaban J connectivity index is 2.06. The average molecular weight is 298 g/mol. The van der Waals surface area contributed by atoms with Crippen molar-refractivity contribution in [2.24, 2.45) is 5.73 Å². The van der Waals surface area contributed by atoms with E-state index in [1.54, 1.807) is 18.4 Å². The highest BCUT2D eigenvalue weighted by atomic mass is 35.5. The molecular formula is C14H16ClNO2S. The number of ether oxygens (including phenoxy) is 2. The van der Waals surface area contributed by atoms with Crippen LogP contribution in [0.15, 0.2) is 29.0 Å². The molecule has 0 fully saturated rings. The van der Waals surface area contributed by atoms with Crippen molar-refractivity contribution in [3.8, 4) is 11.5 Å². The van der Waals surface area contributed by atoms with Gasteiger partial charge in [-0.2, -0.15) is 11.3 Å². The molecule has 0 radical (unpaired) electrons. The quantitative estimate of drug-likeness (QED) is 0.887. The lowest BCUT2D eigenvalue weighted by molar-refractivity contribution is 0.298. The van der Waals surface area contributed by atoms with E-state index < -0.39 is 0 Å². The monoisotopic (exact) mass is 297 g/mol. The number of halogens is 1. The van der Waals surface area contributed by atoms with Gasteiger partial charge in [0.15, 0.2) is 11.5 Å². The molecule has 2 rings (SSSR count). The fourth-order valence-corrected chi connectivity index (χ4v) is 2.73. The lowest BCUT2D eigenvalue weighted by Gasteiger charge is -2.13. The van der Waals surface area contributed by atoms with Gasteiger partial charge >= 0.3 is 0 Å². The first-order valence-corrected chi connectivity index (χ1v) is 7.27. The molecule has 0 amide bonds. The molecule has 0 aliphatic heterocycles. The summed E-state index contributed by atoms with van der Waals surface area (Å²) < 4.78 is 11.0. The summed E-state index contributed by atoms with van der Waals surface area (Å²) in [7, 11) is 1.59. The van der Waals surface area contributed by atoms with E-state index in [1.165, 1.54) is 5.56 Å². The van der Waals surface area contributed by atoms with Gasteiger partial charge in [-0.3, -0.25) is 0 Å². The molecule has 0 aliphatic rings. The van der Waals surface area contributed by atoms with Gasteiger partial charge in [-0.15, -0.1) is 0 Å². The number of hydrogen-bond donors (Lipinski definition) is 1. The summed E-state index contributed by atoms with van der Waals surface area (Å²) in [5.41, 5.74) is 7.79. The summed E-state index contributed by atoms with van der Waals surface area (Å²) in [6.45, 7) is 0.986. The summed E-state index contributed by atoms with van der Waals surface area (Å²) in [6.07, 6.45) is 0.849. The standard InChI is InChI=1S/C14H16ClNO2S/c1-17-13-7-11(8-16)6-12(15)14(13)18-4-2-10-3-5-19-9-10/h3,5-7,9H,2,4,8,16H2,1H3. The Hall–Kier alpha value is -1.23. The number of hydrogen-bond acceptors (Lipinski definition) is 4. The van der Waals surface area contributed by atoms with Gasteiger partial charge in [0.1, 0.15) is 0 Å². The third-order valence-corrected chi connectivity index (χ3v) is 3.75. The molecule has 2 aromatic rings. The molecule has 0 unspecified atom stereocenters. The predicted octanol–water partition coefficient (Wildman–Crippen LogP) is 3.49. The maximum atomic E-state index is 6.19. The molecule has 0 spiro atoms. The Kier molecular flexibility index (Phi) is 5.07. The fourth-order valence-electron chi connectivity index (χ4n) is 1.74. The molecule has 0 saturated heterocycles. The summed E-state index contributed by atoms with van der Waals surface area (Å²) in [5, 5.41) is 4.70. The van der Waals surface area contributed by atoms with Gasteiger partial charge in [0.25, 0.3) is 0 Å². The van der Waals surface area contributed by atoms with Gasteiger partial charge in [0.2, 0.25) is 0 Å². The van der Waals surface area contributed by atoms with Crippen LogP contribution in [0, 0.1) is 0 Å². The van der Waals surface area contributed by atoms with Crippen molar-refractivity contribution in [2.75, 3.05) is 13.7 Å². The van der Waals surface area contributed by atoms with Gasteiger partial charge in [-0.1, -0.05) is 11.6 Å². The third kappa shape index (κ3) is 3.62. The van der Waals surface area contributed by atoms with E-state index in [-0.39, 0.29) is 0 Å². The first-order chi connectivity index (χ1) is 9.24. The molecule has 0 saturated carbocycles. The molecule has 102 valence electrons. The Morgan fingerprint density at radius 2 is 2.16 bits per heavy atom. The number of rotatable bonds is 6. The summed E-state index contributed by atoms with van der Waals surface area (Å²) in [6, 6.07) is 5.75. The number of benzene rings is 1. The van der Waals surface area contributed by atoms with E-state index >= 15 is 0 Å². The largest absolute Gasteiger partial charge is 0.493 e. The van der Waals surface area contributed by atoms with Crippen LogP contribution in [0.25, 0.3) is 0 Å². The van der Waals surface area contributed by atoms with Crippen LogP contribution in [0.3, 0.4) is 0 Å². The van der Waals surface area contributed by atoms with E-state index in [2.05, 4.69) is 16.8 Å². The first kappa shape index (κ1) is 14.2. The minimum absolute atomic E-state index is 0.422. The third-order valence-electron chi connectivity index (χ3n) is 2.74. The molecule has 3 nitrogen and oxygen atoms in total. The van der Waals surface area contributed by atoms with Crippen LogP contribution in [0.5, 0.6) is 11.5 Å². The van der Waals surface area contributed by atoms with Crippen molar-refractivity contribution in [2.45, 2.75) is 13.0 Å². The van der Waals surface area contributed by atoms with Crippen LogP contribution in [0.4, 0.5) is 0 Å². The molecule has 5 heteroatoms. The van der Waals surface area contributed by atoms with Crippen LogP contribution >= 0.6 is 22.9 Å². The van der Waals surface area contributed by atoms with Gasteiger partial charge in [0, 0.05) is 13.0 Å². The molecule has 1 heterocycles. The normalized spacial score (nSPS) is 10.5. The van der Waals surface area contributed by atoms with Crippen LogP contribution in [0.2, 0.25) is 5.02 Å². The lowest BCUT2D eigenvalue weighted by atomic mass is 10.2. The minimum Gasteiger partial charge on any atom is -0.493 e. The van der Waals surface area contributed by atoms with Crippen molar-refractivity contribution in [1.29, 1.82) is 0 Å². The molecule has 19 heavy (non-hydrogen) atoms. The lowest BCUT2D eigenvalue weighted by Crippen LogP contribution is -2.04. The van der Waals surface area contributed by atoms with Gasteiger partial charge in [-0.05, 0) is 40.1 Å². The smallest absolute Gasteiger partial charge is 0.179 e. The Bertz CT molecular complexity index is 528. The topological polar surface area (TPSA) is 44.5 Å². The zero-order valence-corrected chi connectivity index (χ0v) is 12.3. The number of methoxy groups -OCH3 is 1. The Morgan fingerprint density at radius 3 is 2.79 bits per heavy atom. The zero-order valence-electron chi connectivity index (χ0n) is 10.7. The molecule has 0 atom stereocenters. The van der Waals surface area contributed by atoms with Crippen LogP contribution < -0.4 is 15.2 Å². The van der Waals surface area contributed by atoms with Gasteiger partial charge in [0.05, 0.1) is 18.7 Å². The van der Waals surface area contributed by atoms with Crippen molar-refractivity contribution in [1.82, 2.24) is 0 Å². The second-order valence-corrected chi connectivity index (χ2v) is 5.23. The summed E-state index contributed by atoms with van der Waals surface area (Å²) in [5.74, 6) is 1.20. The summed E-state index contributed by atoms with van der Waals surface area (Å²) in [4.78, 5) is 0. The minimum atomic E-state index is 0.422. The van der Waals surface area contributed by atoms with E-state index in [1.807, 2.05) is 12.1 Å². The zero-order chi connectivity index (χ0) is 13.7. The van der Waals surface area contributed by atoms with Crippen LogP contribution in [-0.2, 0) is 13.0 Å². The van der Waals surface area contributed by atoms with E-state index in [0.717, 1.165) is 12.0 Å². The highest BCUT2D eigenvalue weighted by molar-refractivity contribution is 7.07. The SMILES string of the molecule is COc1cc(CN)cc(Cl)c1OCCc1ccsc1. The number of thiophene rings is 1. The van der Waals surface area contributed by atoms with E-state index in [0.29, 0.717) is 29.7 Å². The maximum Gasteiger partial charge on any atom is 0.179 e. The molecule has 0 aliphatic carbocycles. The van der Waals surface area contributed by atoms with Crippen LogP contribution in [0.1, 0.15) is 11.1 Å². The van der Waals surface area contributed by atoms with Crippen molar-refractivity contribution in [3.05, 3.63) is 45.1 Å². The van der Waals surface area contributed by atoms with Crippen molar-refractivity contribution in [3.63, 3.8) is 0 Å². The molecule has 2 N–H and O–H groups in total. The molecule has 1 aromatic heterocycles. The summed E-state index contributed by atoms with van der Waals surface area (Å²) >= 11 is 7.88. The fraction of sp³-hybridized carbons (Fsp3) is 0.286. The Labute approximate surface area is 121 Å². The molecule has 0 bridgehead atoms. The van der Waals surface area contributed by atoms with Crippen molar-refractivity contribution >= 4 is 22.9 Å². The Morgan fingerprint density at radius 1 is 1.32 bits per heavy atom. The first-order valence-electron chi connectivity index (χ1n) is 5.95. The average Bonchev–Trinajstić information content (AvgIpc) is 2.93. The molecular weight excluding hydrogens is 282 g/mol. The second-order valence-electron chi connectivity index (χ2n) is 4.04. The predicted molar refractivity (Wildman–Crippen MR) is 79.4 cm³/mol. The highest BCUT2D eigenvalue weighted by Crippen LogP contribution is 2.36. The second kappa shape index (κ2) is 6.80. The maximum absolute atomic E-state index is 6.19. The number of nitrogens with two attached hydrogens (primary N) is 1. The molecule has 1 aromatic carbocycles.